The Balaban J connectivity index is 1.65. The van der Waals surface area contributed by atoms with Crippen molar-refractivity contribution in [1.82, 2.24) is 15.5 Å². The highest BCUT2D eigenvalue weighted by Gasteiger charge is 2.24. The fourth-order valence-electron chi connectivity index (χ4n) is 2.67. The molecule has 0 bridgehead atoms. The molecule has 7 heteroatoms. The van der Waals surface area contributed by atoms with E-state index < -0.39 is 0 Å². The highest BCUT2D eigenvalue weighted by atomic mass is 19.1. The van der Waals surface area contributed by atoms with Crippen LogP contribution < -0.4 is 10.6 Å². The lowest BCUT2D eigenvalue weighted by Gasteiger charge is -2.31. The number of rotatable bonds is 5. The third-order valence-electron chi connectivity index (χ3n) is 3.99. The first-order valence-electron chi connectivity index (χ1n) is 8.29. The summed E-state index contributed by atoms with van der Waals surface area (Å²) in [7, 11) is 0. The molecule has 1 aliphatic heterocycles. The Morgan fingerprint density at radius 2 is 2.00 bits per heavy atom. The highest BCUT2D eigenvalue weighted by molar-refractivity contribution is 5.74. The van der Waals surface area contributed by atoms with E-state index >= 15 is 0 Å². The van der Waals surface area contributed by atoms with Crippen LogP contribution in [0.15, 0.2) is 24.3 Å². The maximum absolute atomic E-state index is 13.5. The summed E-state index contributed by atoms with van der Waals surface area (Å²) >= 11 is 0. The largest absolute Gasteiger partial charge is 0.450 e. The van der Waals surface area contributed by atoms with Crippen LogP contribution in [-0.2, 0) is 11.2 Å². The minimum absolute atomic E-state index is 0.0316. The Bertz CT molecular complexity index is 560. The molecule has 24 heavy (non-hydrogen) atoms. The number of amides is 3. The van der Waals surface area contributed by atoms with E-state index in [1.54, 1.807) is 30.0 Å². The Hall–Kier alpha value is -2.31. The molecule has 1 aromatic rings. The van der Waals surface area contributed by atoms with Gasteiger partial charge in [0.05, 0.1) is 6.61 Å². The van der Waals surface area contributed by atoms with Crippen LogP contribution in [0.3, 0.4) is 0 Å². The summed E-state index contributed by atoms with van der Waals surface area (Å²) in [6.07, 6.45) is 1.53. The molecule has 2 N–H and O–H groups in total. The number of nitrogens with one attached hydrogen (secondary N) is 2. The van der Waals surface area contributed by atoms with Gasteiger partial charge in [0.2, 0.25) is 0 Å². The normalized spacial score (nSPS) is 15.0. The zero-order valence-corrected chi connectivity index (χ0v) is 13.9. The topological polar surface area (TPSA) is 70.7 Å². The molecule has 6 nitrogen and oxygen atoms in total. The SMILES string of the molecule is CCOC(=O)N1CCC(NC(=O)NCCc2ccccc2F)CC1. The van der Waals surface area contributed by atoms with Crippen molar-refractivity contribution in [3.63, 3.8) is 0 Å². The van der Waals surface area contributed by atoms with Crippen molar-refractivity contribution in [3.05, 3.63) is 35.6 Å². The van der Waals surface area contributed by atoms with Crippen molar-refractivity contribution in [2.24, 2.45) is 0 Å². The molecule has 0 unspecified atom stereocenters. The summed E-state index contributed by atoms with van der Waals surface area (Å²) in [6.45, 7) is 3.64. The molecule has 1 heterocycles. The summed E-state index contributed by atoms with van der Waals surface area (Å²) in [5.74, 6) is -0.258. The first kappa shape index (κ1) is 18.0. The molecular weight excluding hydrogens is 313 g/mol. The van der Waals surface area contributed by atoms with Gasteiger partial charge in [-0.05, 0) is 37.8 Å². The third kappa shape index (κ3) is 5.40. The number of urea groups is 1. The number of nitrogens with zero attached hydrogens (tertiary/aromatic N) is 1. The van der Waals surface area contributed by atoms with Crippen LogP contribution in [0, 0.1) is 5.82 Å². The van der Waals surface area contributed by atoms with E-state index in [2.05, 4.69) is 10.6 Å². The van der Waals surface area contributed by atoms with E-state index in [-0.39, 0.29) is 24.0 Å². The van der Waals surface area contributed by atoms with E-state index in [1.807, 2.05) is 0 Å². The van der Waals surface area contributed by atoms with E-state index in [0.717, 1.165) is 0 Å². The molecule has 1 fully saturated rings. The van der Waals surface area contributed by atoms with Gasteiger partial charge in [0.25, 0.3) is 0 Å². The first-order chi connectivity index (χ1) is 11.6. The van der Waals surface area contributed by atoms with Crippen LogP contribution in [-0.4, -0.2) is 49.3 Å². The zero-order chi connectivity index (χ0) is 17.4. The summed E-state index contributed by atoms with van der Waals surface area (Å²) < 4.78 is 18.4. The van der Waals surface area contributed by atoms with E-state index in [0.29, 0.717) is 51.1 Å². The Morgan fingerprint density at radius 3 is 2.67 bits per heavy atom. The number of hydrogen-bond acceptors (Lipinski definition) is 3. The Labute approximate surface area is 141 Å². The van der Waals surface area contributed by atoms with Crippen LogP contribution in [0.2, 0.25) is 0 Å². The van der Waals surface area contributed by atoms with E-state index in [1.165, 1.54) is 6.07 Å². The number of piperidine rings is 1. The first-order valence-corrected chi connectivity index (χ1v) is 8.29. The van der Waals surface area contributed by atoms with Crippen molar-refractivity contribution >= 4 is 12.1 Å². The van der Waals surface area contributed by atoms with Crippen LogP contribution in [0.1, 0.15) is 25.3 Å². The quantitative estimate of drug-likeness (QED) is 0.866. The molecule has 1 aromatic carbocycles. The number of halogens is 1. The molecular formula is C17H24FN3O3. The van der Waals surface area contributed by atoms with Gasteiger partial charge in [-0.1, -0.05) is 18.2 Å². The summed E-state index contributed by atoms with van der Waals surface area (Å²) in [4.78, 5) is 25.1. The van der Waals surface area contributed by atoms with Gasteiger partial charge < -0.3 is 20.3 Å². The summed E-state index contributed by atoms with van der Waals surface area (Å²) in [5, 5.41) is 5.63. The number of carbonyl (C=O) groups excluding carboxylic acids is 2. The van der Waals surface area contributed by atoms with Gasteiger partial charge in [0.15, 0.2) is 0 Å². The number of carbonyl (C=O) groups is 2. The minimum atomic E-state index is -0.301. The van der Waals surface area contributed by atoms with Gasteiger partial charge in [-0.3, -0.25) is 0 Å². The molecule has 1 saturated heterocycles. The fourth-order valence-corrected chi connectivity index (χ4v) is 2.67. The van der Waals surface area contributed by atoms with Crippen molar-refractivity contribution in [2.75, 3.05) is 26.2 Å². The summed E-state index contributed by atoms with van der Waals surface area (Å²) in [5.41, 5.74) is 0.584. The van der Waals surface area contributed by atoms with Crippen LogP contribution >= 0.6 is 0 Å². The third-order valence-corrected chi connectivity index (χ3v) is 3.99. The lowest BCUT2D eigenvalue weighted by atomic mass is 10.1. The standard InChI is InChI=1S/C17H24FN3O3/c1-2-24-17(23)21-11-8-14(9-12-21)20-16(22)19-10-7-13-5-3-4-6-15(13)18/h3-6,14H,2,7-12H2,1H3,(H2,19,20,22). The second-order valence-electron chi connectivity index (χ2n) is 5.70. The molecule has 0 aliphatic carbocycles. The van der Waals surface area contributed by atoms with Gasteiger partial charge in [-0.2, -0.15) is 0 Å². The van der Waals surface area contributed by atoms with E-state index in [4.69, 9.17) is 4.74 Å². The predicted molar refractivity (Wildman–Crippen MR) is 88.3 cm³/mol. The van der Waals surface area contributed by atoms with Crippen molar-refractivity contribution in [1.29, 1.82) is 0 Å². The smallest absolute Gasteiger partial charge is 0.409 e. The number of ether oxygens (including phenoxy) is 1. The monoisotopic (exact) mass is 337 g/mol. The fraction of sp³-hybridized carbons (Fsp3) is 0.529. The lowest BCUT2D eigenvalue weighted by Crippen LogP contribution is -2.49. The molecule has 0 atom stereocenters. The maximum atomic E-state index is 13.5. The molecule has 0 radical (unpaired) electrons. The van der Waals surface area contributed by atoms with Crippen LogP contribution in [0.4, 0.5) is 14.0 Å². The second kappa shape index (κ2) is 9.10. The van der Waals surface area contributed by atoms with Gasteiger partial charge in [0.1, 0.15) is 5.82 Å². The molecule has 0 spiro atoms. The predicted octanol–water partition coefficient (Wildman–Crippen LogP) is 2.29. The van der Waals surface area contributed by atoms with Gasteiger partial charge >= 0.3 is 12.1 Å². The van der Waals surface area contributed by atoms with Gasteiger partial charge in [-0.15, -0.1) is 0 Å². The van der Waals surface area contributed by atoms with Crippen molar-refractivity contribution < 1.29 is 18.7 Å². The number of likely N-dealkylation sites (tertiary alicyclic amines) is 1. The molecule has 132 valence electrons. The molecule has 0 saturated carbocycles. The second-order valence-corrected chi connectivity index (χ2v) is 5.70. The van der Waals surface area contributed by atoms with Gasteiger partial charge in [0, 0.05) is 25.7 Å². The number of hydrogen-bond donors (Lipinski definition) is 2. The molecule has 0 aromatic heterocycles. The maximum Gasteiger partial charge on any atom is 0.409 e. The van der Waals surface area contributed by atoms with E-state index in [9.17, 15) is 14.0 Å². The van der Waals surface area contributed by atoms with Crippen molar-refractivity contribution in [2.45, 2.75) is 32.2 Å². The van der Waals surface area contributed by atoms with Crippen LogP contribution in [0.25, 0.3) is 0 Å². The molecule has 2 rings (SSSR count). The Kier molecular flexibility index (Phi) is 6.84. The average molecular weight is 337 g/mol. The summed E-state index contributed by atoms with van der Waals surface area (Å²) in [6, 6.07) is 6.30. The lowest BCUT2D eigenvalue weighted by molar-refractivity contribution is 0.0957. The molecule has 1 aliphatic rings. The van der Waals surface area contributed by atoms with Gasteiger partial charge in [-0.25, -0.2) is 14.0 Å². The average Bonchev–Trinajstić information content (AvgIpc) is 2.57. The Morgan fingerprint density at radius 1 is 1.29 bits per heavy atom. The molecule has 3 amide bonds. The van der Waals surface area contributed by atoms with Crippen LogP contribution in [0.5, 0.6) is 0 Å². The van der Waals surface area contributed by atoms with Crippen molar-refractivity contribution in [3.8, 4) is 0 Å². The number of benzene rings is 1. The highest BCUT2D eigenvalue weighted by Crippen LogP contribution is 2.11. The minimum Gasteiger partial charge on any atom is -0.450 e. The zero-order valence-electron chi connectivity index (χ0n) is 13.9.